The molecule has 84 valence electrons. The van der Waals surface area contributed by atoms with Crippen LogP contribution in [0.5, 0.6) is 0 Å². The third-order valence-corrected chi connectivity index (χ3v) is 2.00. The fourth-order valence-electron chi connectivity index (χ4n) is 0.994. The first-order chi connectivity index (χ1) is 7.52. The minimum atomic E-state index is -1.15. The fourth-order valence-corrected chi connectivity index (χ4v) is 1.17. The van der Waals surface area contributed by atoms with Crippen molar-refractivity contribution in [3.63, 3.8) is 0 Å². The first kappa shape index (κ1) is 12.1. The summed E-state index contributed by atoms with van der Waals surface area (Å²) in [5, 5.41) is 2.31. The molecule has 0 aromatic carbocycles. The van der Waals surface area contributed by atoms with Gasteiger partial charge in [-0.3, -0.25) is 14.6 Å². The first-order valence-electron chi connectivity index (χ1n) is 4.32. The summed E-state index contributed by atoms with van der Waals surface area (Å²) in [6.45, 7) is 0. The van der Waals surface area contributed by atoms with E-state index in [2.05, 4.69) is 22.5 Å². The third kappa shape index (κ3) is 2.99. The summed E-state index contributed by atoms with van der Waals surface area (Å²) < 4.78 is 0. The van der Waals surface area contributed by atoms with Crippen molar-refractivity contribution >= 4 is 29.0 Å². The molecule has 7 heteroatoms. The Balaban J connectivity index is 2.77. The second kappa shape index (κ2) is 5.17. The van der Waals surface area contributed by atoms with E-state index in [4.69, 9.17) is 11.5 Å². The lowest BCUT2D eigenvalue weighted by Crippen LogP contribution is -2.51. The highest BCUT2D eigenvalue weighted by Gasteiger charge is 2.21. The fraction of sp³-hybridized carbons (Fsp3) is 0.111. The van der Waals surface area contributed by atoms with E-state index >= 15 is 0 Å². The molecule has 0 aliphatic carbocycles. The highest BCUT2D eigenvalue weighted by Crippen LogP contribution is 1.96. The van der Waals surface area contributed by atoms with Crippen LogP contribution < -0.4 is 16.8 Å². The van der Waals surface area contributed by atoms with E-state index < -0.39 is 17.9 Å². The van der Waals surface area contributed by atoms with Gasteiger partial charge in [0.1, 0.15) is 4.99 Å². The monoisotopic (exact) mass is 238 g/mol. The van der Waals surface area contributed by atoms with Gasteiger partial charge in [-0.1, -0.05) is 12.2 Å². The number of carbonyl (C=O) groups is 2. The summed E-state index contributed by atoms with van der Waals surface area (Å²) in [5.74, 6) is -1.31. The number of pyridine rings is 1. The molecule has 0 aliphatic rings. The summed E-state index contributed by atoms with van der Waals surface area (Å²) in [6, 6.07) is 1.98. The van der Waals surface area contributed by atoms with Crippen LogP contribution in [0.3, 0.4) is 0 Å². The SMILES string of the molecule is NC(=O)[C@@H](NC(=O)c1cccnc1)C(N)=S. The van der Waals surface area contributed by atoms with E-state index in [9.17, 15) is 9.59 Å². The zero-order valence-electron chi connectivity index (χ0n) is 8.21. The van der Waals surface area contributed by atoms with Crippen LogP contribution in [0.15, 0.2) is 24.5 Å². The zero-order chi connectivity index (χ0) is 12.1. The molecule has 0 saturated carbocycles. The Morgan fingerprint density at radius 2 is 2.12 bits per heavy atom. The Labute approximate surface area is 97.0 Å². The van der Waals surface area contributed by atoms with E-state index in [0.717, 1.165) is 0 Å². The number of aromatic nitrogens is 1. The lowest BCUT2D eigenvalue weighted by atomic mass is 10.2. The maximum Gasteiger partial charge on any atom is 0.253 e. The number of amides is 2. The molecule has 0 unspecified atom stereocenters. The van der Waals surface area contributed by atoms with Crippen LogP contribution in [0.2, 0.25) is 0 Å². The van der Waals surface area contributed by atoms with Crippen molar-refractivity contribution in [3.8, 4) is 0 Å². The van der Waals surface area contributed by atoms with Gasteiger partial charge < -0.3 is 16.8 Å². The molecule has 1 heterocycles. The van der Waals surface area contributed by atoms with Gasteiger partial charge in [0, 0.05) is 12.4 Å². The van der Waals surface area contributed by atoms with E-state index in [-0.39, 0.29) is 4.99 Å². The van der Waals surface area contributed by atoms with Crippen LogP contribution in [-0.4, -0.2) is 27.8 Å². The molecule has 0 spiro atoms. The van der Waals surface area contributed by atoms with E-state index in [1.54, 1.807) is 12.1 Å². The molecule has 16 heavy (non-hydrogen) atoms. The predicted octanol–water partition coefficient (Wildman–Crippen LogP) is -1.05. The molecule has 2 amide bonds. The van der Waals surface area contributed by atoms with Crippen LogP contribution in [0, 0.1) is 0 Å². The minimum absolute atomic E-state index is 0.176. The number of rotatable bonds is 4. The Morgan fingerprint density at radius 3 is 2.56 bits per heavy atom. The van der Waals surface area contributed by atoms with Gasteiger partial charge in [0.2, 0.25) is 5.91 Å². The van der Waals surface area contributed by atoms with Crippen LogP contribution in [-0.2, 0) is 4.79 Å². The normalized spacial score (nSPS) is 11.5. The van der Waals surface area contributed by atoms with Crippen molar-refractivity contribution in [2.75, 3.05) is 0 Å². The summed E-state index contributed by atoms with van der Waals surface area (Å²) in [7, 11) is 0. The van der Waals surface area contributed by atoms with Crippen LogP contribution >= 0.6 is 12.2 Å². The second-order valence-electron chi connectivity index (χ2n) is 2.95. The van der Waals surface area contributed by atoms with Gasteiger partial charge in [0.05, 0.1) is 5.56 Å². The lowest BCUT2D eigenvalue weighted by Gasteiger charge is -2.13. The van der Waals surface area contributed by atoms with Crippen molar-refractivity contribution in [2.24, 2.45) is 11.5 Å². The highest BCUT2D eigenvalue weighted by atomic mass is 32.1. The molecule has 0 aliphatic heterocycles. The number of nitrogens with zero attached hydrogens (tertiary/aromatic N) is 1. The molecular weight excluding hydrogens is 228 g/mol. The molecular formula is C9H10N4O2S. The molecule has 0 bridgehead atoms. The lowest BCUT2D eigenvalue weighted by molar-refractivity contribution is -0.118. The molecule has 6 nitrogen and oxygen atoms in total. The van der Waals surface area contributed by atoms with E-state index in [0.29, 0.717) is 5.56 Å². The average Bonchev–Trinajstić information content (AvgIpc) is 2.25. The topological polar surface area (TPSA) is 111 Å². The van der Waals surface area contributed by atoms with Crippen molar-refractivity contribution in [1.29, 1.82) is 0 Å². The Kier molecular flexibility index (Phi) is 3.90. The Bertz CT molecular complexity index is 407. The molecule has 5 N–H and O–H groups in total. The number of nitrogens with one attached hydrogen (secondary N) is 1. The maximum absolute atomic E-state index is 11.6. The van der Waals surface area contributed by atoms with Gasteiger partial charge in [-0.05, 0) is 12.1 Å². The molecule has 0 fully saturated rings. The molecule has 1 aromatic rings. The van der Waals surface area contributed by atoms with Gasteiger partial charge in [-0.2, -0.15) is 0 Å². The number of thiocarbonyl (C=S) groups is 1. The summed E-state index contributed by atoms with van der Waals surface area (Å²) in [5.41, 5.74) is 10.6. The van der Waals surface area contributed by atoms with Crippen molar-refractivity contribution in [3.05, 3.63) is 30.1 Å². The summed E-state index contributed by atoms with van der Waals surface area (Å²) in [4.78, 5) is 26.1. The Morgan fingerprint density at radius 1 is 1.44 bits per heavy atom. The maximum atomic E-state index is 11.6. The van der Waals surface area contributed by atoms with Crippen LogP contribution in [0.25, 0.3) is 0 Å². The summed E-state index contributed by atoms with van der Waals surface area (Å²) in [6.07, 6.45) is 2.88. The van der Waals surface area contributed by atoms with Crippen LogP contribution in [0.1, 0.15) is 10.4 Å². The van der Waals surface area contributed by atoms with Crippen LogP contribution in [0.4, 0.5) is 0 Å². The van der Waals surface area contributed by atoms with Crippen molar-refractivity contribution in [1.82, 2.24) is 10.3 Å². The number of hydrogen-bond donors (Lipinski definition) is 3. The summed E-state index contributed by atoms with van der Waals surface area (Å²) >= 11 is 4.61. The largest absolute Gasteiger partial charge is 0.391 e. The molecule has 1 atom stereocenters. The number of hydrogen-bond acceptors (Lipinski definition) is 4. The minimum Gasteiger partial charge on any atom is -0.391 e. The number of nitrogens with two attached hydrogens (primary N) is 2. The molecule has 1 rings (SSSR count). The predicted molar refractivity (Wildman–Crippen MR) is 61.5 cm³/mol. The first-order valence-corrected chi connectivity index (χ1v) is 4.72. The average molecular weight is 238 g/mol. The van der Waals surface area contributed by atoms with Gasteiger partial charge >= 0.3 is 0 Å². The Hall–Kier alpha value is -2.02. The third-order valence-electron chi connectivity index (χ3n) is 1.77. The highest BCUT2D eigenvalue weighted by molar-refractivity contribution is 7.80. The van der Waals surface area contributed by atoms with Gasteiger partial charge in [0.15, 0.2) is 6.04 Å². The van der Waals surface area contributed by atoms with E-state index in [1.807, 2.05) is 0 Å². The standard InChI is InChI=1S/C9H10N4O2S/c10-7(14)6(8(11)16)13-9(15)5-2-1-3-12-4-5/h1-4,6H,(H2,10,14)(H2,11,16)(H,13,15)/t6-/m1/s1. The smallest absolute Gasteiger partial charge is 0.253 e. The van der Waals surface area contributed by atoms with Crippen molar-refractivity contribution in [2.45, 2.75) is 6.04 Å². The van der Waals surface area contributed by atoms with Crippen molar-refractivity contribution < 1.29 is 9.59 Å². The second-order valence-corrected chi connectivity index (χ2v) is 3.42. The van der Waals surface area contributed by atoms with E-state index in [1.165, 1.54) is 12.4 Å². The molecule has 0 radical (unpaired) electrons. The number of carbonyl (C=O) groups excluding carboxylic acids is 2. The number of primary amides is 1. The van der Waals surface area contributed by atoms with Gasteiger partial charge in [0.25, 0.3) is 5.91 Å². The quantitative estimate of drug-likeness (QED) is 0.580. The molecule has 0 saturated heterocycles. The zero-order valence-corrected chi connectivity index (χ0v) is 9.03. The van der Waals surface area contributed by atoms with Gasteiger partial charge in [-0.25, -0.2) is 0 Å². The molecule has 1 aromatic heterocycles. The van der Waals surface area contributed by atoms with Gasteiger partial charge in [-0.15, -0.1) is 0 Å².